The van der Waals surface area contributed by atoms with E-state index in [1.165, 1.54) is 11.0 Å². The third-order valence-electron chi connectivity index (χ3n) is 4.50. The van der Waals surface area contributed by atoms with Crippen LogP contribution in [0.1, 0.15) is 69.2 Å². The van der Waals surface area contributed by atoms with E-state index in [4.69, 9.17) is 4.74 Å². The van der Waals surface area contributed by atoms with Gasteiger partial charge in [-0.05, 0) is 26.3 Å². The Labute approximate surface area is 189 Å². The highest BCUT2D eigenvalue weighted by Gasteiger charge is 2.27. The highest BCUT2D eigenvalue weighted by Crippen LogP contribution is 2.29. The van der Waals surface area contributed by atoms with Gasteiger partial charge in [-0.1, -0.05) is 31.1 Å². The van der Waals surface area contributed by atoms with E-state index in [0.29, 0.717) is 12.1 Å². The number of hydrogen-bond acceptors (Lipinski definition) is 9. The summed E-state index contributed by atoms with van der Waals surface area (Å²) >= 11 is 1.02. The second-order valence-corrected chi connectivity index (χ2v) is 7.79. The maximum absolute atomic E-state index is 13.4. The zero-order chi connectivity index (χ0) is 23.8. The molecule has 0 fully saturated rings. The maximum Gasteiger partial charge on any atom is 0.350 e. The molecule has 0 unspecified atom stereocenters. The summed E-state index contributed by atoms with van der Waals surface area (Å²) < 4.78 is 9.69. The number of benzene rings is 1. The SMILES string of the molecule is CCCCCN(C(=O)c1cc(C(=O)OC)cc([N+](=O)[O-])c1)c1nc(C)c(C(=O)OCC)s1. The lowest BCUT2D eigenvalue weighted by atomic mass is 10.1. The van der Waals surface area contributed by atoms with E-state index < -0.39 is 28.5 Å². The van der Waals surface area contributed by atoms with Gasteiger partial charge in [-0.15, -0.1) is 0 Å². The predicted molar refractivity (Wildman–Crippen MR) is 118 cm³/mol. The highest BCUT2D eigenvalue weighted by molar-refractivity contribution is 7.17. The summed E-state index contributed by atoms with van der Waals surface area (Å²) in [5, 5.41) is 11.6. The van der Waals surface area contributed by atoms with Gasteiger partial charge in [0.05, 0.1) is 29.9 Å². The van der Waals surface area contributed by atoms with Gasteiger partial charge in [0.25, 0.3) is 11.6 Å². The quantitative estimate of drug-likeness (QED) is 0.222. The Morgan fingerprint density at radius 2 is 1.81 bits per heavy atom. The van der Waals surface area contributed by atoms with Crippen molar-refractivity contribution >= 4 is 40.0 Å². The van der Waals surface area contributed by atoms with E-state index in [9.17, 15) is 24.5 Å². The van der Waals surface area contributed by atoms with E-state index >= 15 is 0 Å². The van der Waals surface area contributed by atoms with Crippen LogP contribution in [0.3, 0.4) is 0 Å². The molecule has 0 spiro atoms. The molecule has 0 N–H and O–H groups in total. The molecule has 32 heavy (non-hydrogen) atoms. The Morgan fingerprint density at radius 3 is 2.41 bits per heavy atom. The molecule has 2 rings (SSSR count). The summed E-state index contributed by atoms with van der Waals surface area (Å²) in [7, 11) is 1.15. The highest BCUT2D eigenvalue weighted by atomic mass is 32.1. The van der Waals surface area contributed by atoms with Crippen molar-refractivity contribution in [1.82, 2.24) is 4.98 Å². The summed E-state index contributed by atoms with van der Waals surface area (Å²) in [5.74, 6) is -1.90. The molecule has 11 heteroatoms. The second-order valence-electron chi connectivity index (χ2n) is 6.81. The number of methoxy groups -OCH3 is 1. The zero-order valence-corrected chi connectivity index (χ0v) is 19.2. The molecular weight excluding hydrogens is 438 g/mol. The van der Waals surface area contributed by atoms with E-state index in [1.54, 1.807) is 13.8 Å². The number of carbonyl (C=O) groups is 3. The monoisotopic (exact) mass is 463 g/mol. The number of anilines is 1. The number of amides is 1. The first-order valence-corrected chi connectivity index (χ1v) is 10.9. The Morgan fingerprint density at radius 1 is 1.12 bits per heavy atom. The Bertz CT molecular complexity index is 1020. The van der Waals surface area contributed by atoms with Gasteiger partial charge in [0.1, 0.15) is 4.88 Å². The zero-order valence-electron chi connectivity index (χ0n) is 18.4. The molecule has 1 heterocycles. The minimum absolute atomic E-state index is 0.0540. The molecule has 1 amide bonds. The average Bonchev–Trinajstić information content (AvgIpc) is 3.16. The van der Waals surface area contributed by atoms with Crippen molar-refractivity contribution < 1.29 is 28.8 Å². The van der Waals surface area contributed by atoms with E-state index in [1.807, 2.05) is 6.92 Å². The lowest BCUT2D eigenvalue weighted by Gasteiger charge is -2.20. The standard InChI is InChI=1S/C21H25N3O7S/c1-5-7-8-9-23(21-22-13(3)17(32-21)20(27)31-6-2)18(25)14-10-15(19(26)30-4)12-16(11-14)24(28)29/h10-12H,5-9H2,1-4H3. The van der Waals surface area contributed by atoms with Crippen molar-refractivity contribution in [3.63, 3.8) is 0 Å². The fourth-order valence-corrected chi connectivity index (χ4v) is 3.90. The van der Waals surface area contributed by atoms with Gasteiger partial charge in [-0.2, -0.15) is 0 Å². The first-order valence-electron chi connectivity index (χ1n) is 10.1. The number of non-ortho nitro benzene ring substituents is 1. The van der Waals surface area contributed by atoms with E-state index in [2.05, 4.69) is 9.72 Å². The Balaban J connectivity index is 2.52. The molecule has 172 valence electrons. The van der Waals surface area contributed by atoms with Crippen LogP contribution in [-0.2, 0) is 9.47 Å². The second kappa shape index (κ2) is 11.3. The van der Waals surface area contributed by atoms with E-state index in [-0.39, 0.29) is 34.3 Å². The predicted octanol–water partition coefficient (Wildman–Crippen LogP) is 4.16. The number of aromatic nitrogens is 1. The summed E-state index contributed by atoms with van der Waals surface area (Å²) in [6.45, 7) is 5.84. The minimum Gasteiger partial charge on any atom is -0.465 e. The molecule has 2 aromatic rings. The number of esters is 2. The molecule has 0 aliphatic carbocycles. The van der Waals surface area contributed by atoms with Crippen molar-refractivity contribution in [2.24, 2.45) is 0 Å². The molecule has 0 aliphatic rings. The topological polar surface area (TPSA) is 129 Å². The summed E-state index contributed by atoms with van der Waals surface area (Å²) in [5.41, 5.74) is -0.152. The third-order valence-corrected chi connectivity index (χ3v) is 5.66. The van der Waals surface area contributed by atoms with Crippen molar-refractivity contribution in [3.05, 3.63) is 50.0 Å². The lowest BCUT2D eigenvalue weighted by Crippen LogP contribution is -2.32. The molecule has 0 radical (unpaired) electrons. The molecule has 0 saturated heterocycles. The number of rotatable bonds is 10. The van der Waals surface area contributed by atoms with Crippen LogP contribution in [0, 0.1) is 17.0 Å². The molecule has 1 aromatic heterocycles. The first-order chi connectivity index (χ1) is 15.2. The first kappa shape index (κ1) is 24.9. The van der Waals surface area contributed by atoms with Gasteiger partial charge in [-0.25, -0.2) is 14.6 Å². The smallest absolute Gasteiger partial charge is 0.350 e. The number of nitro groups is 1. The van der Waals surface area contributed by atoms with Gasteiger partial charge in [-0.3, -0.25) is 19.8 Å². The molecule has 1 aromatic carbocycles. The van der Waals surface area contributed by atoms with E-state index in [0.717, 1.165) is 43.4 Å². The molecular formula is C21H25N3O7S. The van der Waals surface area contributed by atoms with Crippen LogP contribution in [-0.4, -0.2) is 48.0 Å². The van der Waals surface area contributed by atoms with Crippen molar-refractivity contribution in [1.29, 1.82) is 0 Å². The number of aryl methyl sites for hydroxylation is 1. The summed E-state index contributed by atoms with van der Waals surface area (Å²) in [4.78, 5) is 54.2. The number of nitrogens with zero attached hydrogens (tertiary/aromatic N) is 3. The number of hydrogen-bond donors (Lipinski definition) is 0. The van der Waals surface area contributed by atoms with Gasteiger partial charge in [0, 0.05) is 24.2 Å². The van der Waals surface area contributed by atoms with Crippen LogP contribution in [0.2, 0.25) is 0 Å². The summed E-state index contributed by atoms with van der Waals surface area (Å²) in [6.07, 6.45) is 2.42. The van der Waals surface area contributed by atoms with Gasteiger partial charge in [0.2, 0.25) is 0 Å². The number of thiazole rings is 1. The van der Waals surface area contributed by atoms with Crippen LogP contribution in [0.5, 0.6) is 0 Å². The molecule has 10 nitrogen and oxygen atoms in total. The number of carbonyl (C=O) groups excluding carboxylic acids is 3. The average molecular weight is 464 g/mol. The fraction of sp³-hybridized carbons (Fsp3) is 0.429. The van der Waals surface area contributed by atoms with Crippen LogP contribution < -0.4 is 4.90 Å². The van der Waals surface area contributed by atoms with Gasteiger partial charge in [0.15, 0.2) is 5.13 Å². The van der Waals surface area contributed by atoms with Crippen LogP contribution in [0.25, 0.3) is 0 Å². The molecule has 0 saturated carbocycles. The van der Waals surface area contributed by atoms with Crippen molar-refractivity contribution in [2.75, 3.05) is 25.2 Å². The fourth-order valence-electron chi connectivity index (χ4n) is 2.92. The molecule has 0 aliphatic heterocycles. The number of ether oxygens (including phenoxy) is 2. The normalized spacial score (nSPS) is 10.5. The minimum atomic E-state index is -0.796. The maximum atomic E-state index is 13.4. The van der Waals surface area contributed by atoms with Crippen LogP contribution >= 0.6 is 11.3 Å². The largest absolute Gasteiger partial charge is 0.465 e. The summed E-state index contributed by atoms with van der Waals surface area (Å²) in [6, 6.07) is 3.41. The molecule has 0 bridgehead atoms. The third kappa shape index (κ3) is 5.88. The van der Waals surface area contributed by atoms with Crippen LogP contribution in [0.4, 0.5) is 10.8 Å². The van der Waals surface area contributed by atoms with Crippen LogP contribution in [0.15, 0.2) is 18.2 Å². The van der Waals surface area contributed by atoms with Gasteiger partial charge >= 0.3 is 11.9 Å². The lowest BCUT2D eigenvalue weighted by molar-refractivity contribution is -0.384. The number of nitro benzene ring substituents is 1. The van der Waals surface area contributed by atoms with Crippen molar-refractivity contribution in [2.45, 2.75) is 40.0 Å². The van der Waals surface area contributed by atoms with Crippen molar-refractivity contribution in [3.8, 4) is 0 Å². The Hall–Kier alpha value is -3.34. The molecule has 0 atom stereocenters. The van der Waals surface area contributed by atoms with Gasteiger partial charge < -0.3 is 9.47 Å². The number of unbranched alkanes of at least 4 members (excludes halogenated alkanes) is 2. The Kier molecular flexibility index (Phi) is 8.82.